The van der Waals surface area contributed by atoms with Crippen molar-refractivity contribution >= 4 is 17.8 Å². The molecule has 26 heavy (non-hydrogen) atoms. The van der Waals surface area contributed by atoms with Crippen LogP contribution in [0.2, 0.25) is 0 Å². The number of carbonyl (C=O) groups excluding carboxylic acids is 3. The maximum absolute atomic E-state index is 12.9. The summed E-state index contributed by atoms with van der Waals surface area (Å²) < 4.78 is 5.70. The van der Waals surface area contributed by atoms with Gasteiger partial charge in [0.15, 0.2) is 0 Å². The molecule has 1 aliphatic heterocycles. The number of nitrogens with one attached hydrogen (secondary N) is 1. The van der Waals surface area contributed by atoms with Crippen molar-refractivity contribution in [3.05, 3.63) is 48.0 Å². The molecule has 1 aromatic carbocycles. The Morgan fingerprint density at radius 2 is 1.88 bits per heavy atom. The summed E-state index contributed by atoms with van der Waals surface area (Å²) in [6.45, 7) is 3.24. The first-order valence-corrected chi connectivity index (χ1v) is 8.83. The molecule has 1 aliphatic rings. The zero-order valence-electron chi connectivity index (χ0n) is 15.5. The minimum absolute atomic E-state index is 0.213. The summed E-state index contributed by atoms with van der Waals surface area (Å²) in [5.41, 5.74) is 0.830. The van der Waals surface area contributed by atoms with E-state index in [1.54, 1.807) is 11.9 Å². The molecule has 0 aromatic heterocycles. The molecule has 0 bridgehead atoms. The summed E-state index contributed by atoms with van der Waals surface area (Å²) in [4.78, 5) is 38.1. The van der Waals surface area contributed by atoms with Crippen molar-refractivity contribution in [2.24, 2.45) is 0 Å². The molecule has 1 heterocycles. The summed E-state index contributed by atoms with van der Waals surface area (Å²) in [5.74, 6) is -0.763. The third-order valence-electron chi connectivity index (χ3n) is 4.51. The summed E-state index contributed by atoms with van der Waals surface area (Å²) in [6.07, 6.45) is 4.28. The number of hydrogen-bond donors (Lipinski definition) is 1. The molecule has 0 unspecified atom stereocenters. The van der Waals surface area contributed by atoms with Crippen LogP contribution in [0, 0.1) is 0 Å². The number of hydrogen-bond acceptors (Lipinski definition) is 4. The third kappa shape index (κ3) is 5.18. The SMILES string of the molecule is CC(=O)N[C@@H]1C/C=C/CCC(=O)O[C@@H](c2ccccc2)[C@H](C)N(C)C1=O. The Bertz CT molecular complexity index is 672. The Hall–Kier alpha value is -2.63. The van der Waals surface area contributed by atoms with Gasteiger partial charge in [-0.25, -0.2) is 0 Å². The van der Waals surface area contributed by atoms with Gasteiger partial charge in [0, 0.05) is 20.4 Å². The highest BCUT2D eigenvalue weighted by atomic mass is 16.5. The molecule has 0 saturated heterocycles. The first-order valence-electron chi connectivity index (χ1n) is 8.83. The molecular formula is C20H26N2O4. The fourth-order valence-corrected chi connectivity index (χ4v) is 2.96. The van der Waals surface area contributed by atoms with Crippen LogP contribution < -0.4 is 5.32 Å². The monoisotopic (exact) mass is 358 g/mol. The van der Waals surface area contributed by atoms with E-state index >= 15 is 0 Å². The van der Waals surface area contributed by atoms with Gasteiger partial charge in [-0.05, 0) is 25.3 Å². The predicted octanol–water partition coefficient (Wildman–Crippen LogP) is 2.36. The van der Waals surface area contributed by atoms with Crippen molar-refractivity contribution in [2.75, 3.05) is 7.05 Å². The van der Waals surface area contributed by atoms with Crippen LogP contribution in [0.5, 0.6) is 0 Å². The van der Waals surface area contributed by atoms with Gasteiger partial charge in [-0.15, -0.1) is 0 Å². The molecule has 0 aliphatic carbocycles. The average molecular weight is 358 g/mol. The minimum Gasteiger partial charge on any atom is -0.455 e. The second-order valence-electron chi connectivity index (χ2n) is 6.51. The molecule has 6 nitrogen and oxygen atoms in total. The smallest absolute Gasteiger partial charge is 0.306 e. The maximum Gasteiger partial charge on any atom is 0.306 e. The molecule has 0 saturated carbocycles. The lowest BCUT2D eigenvalue weighted by Crippen LogP contribution is -2.50. The van der Waals surface area contributed by atoms with Crippen molar-refractivity contribution in [2.45, 2.75) is 51.3 Å². The van der Waals surface area contributed by atoms with Gasteiger partial charge in [0.05, 0.1) is 6.04 Å². The van der Waals surface area contributed by atoms with E-state index in [1.165, 1.54) is 6.92 Å². The fourth-order valence-electron chi connectivity index (χ4n) is 2.96. The van der Waals surface area contributed by atoms with Crippen LogP contribution in [0.3, 0.4) is 0 Å². The molecule has 2 rings (SSSR count). The van der Waals surface area contributed by atoms with Gasteiger partial charge in [-0.1, -0.05) is 42.5 Å². The van der Waals surface area contributed by atoms with Crippen LogP contribution in [-0.2, 0) is 19.1 Å². The van der Waals surface area contributed by atoms with Crippen LogP contribution in [0.15, 0.2) is 42.5 Å². The van der Waals surface area contributed by atoms with Crippen LogP contribution in [0.4, 0.5) is 0 Å². The number of carbonyl (C=O) groups is 3. The molecule has 2 amide bonds. The largest absolute Gasteiger partial charge is 0.455 e. The zero-order valence-corrected chi connectivity index (χ0v) is 15.5. The lowest BCUT2D eigenvalue weighted by molar-refractivity contribution is -0.156. The van der Waals surface area contributed by atoms with Crippen LogP contribution in [-0.4, -0.2) is 41.8 Å². The number of ether oxygens (including phenoxy) is 1. The van der Waals surface area contributed by atoms with Crippen molar-refractivity contribution < 1.29 is 19.1 Å². The second-order valence-corrected chi connectivity index (χ2v) is 6.51. The normalized spacial score (nSPS) is 26.3. The minimum atomic E-state index is -0.636. The lowest BCUT2D eigenvalue weighted by atomic mass is 10.0. The van der Waals surface area contributed by atoms with E-state index in [2.05, 4.69) is 5.32 Å². The van der Waals surface area contributed by atoms with E-state index in [0.29, 0.717) is 12.8 Å². The highest BCUT2D eigenvalue weighted by Gasteiger charge is 2.32. The van der Waals surface area contributed by atoms with Crippen molar-refractivity contribution in [3.8, 4) is 0 Å². The number of esters is 1. The number of amides is 2. The molecule has 0 radical (unpaired) electrons. The molecule has 140 valence electrons. The molecule has 0 spiro atoms. The van der Waals surface area contributed by atoms with Crippen LogP contribution in [0.25, 0.3) is 0 Å². The first kappa shape index (κ1) is 19.7. The van der Waals surface area contributed by atoms with E-state index in [-0.39, 0.29) is 30.2 Å². The fraction of sp³-hybridized carbons (Fsp3) is 0.450. The maximum atomic E-state index is 12.9. The summed E-state index contributed by atoms with van der Waals surface area (Å²) in [6, 6.07) is 8.37. The third-order valence-corrected chi connectivity index (χ3v) is 4.51. The Morgan fingerprint density at radius 1 is 1.19 bits per heavy atom. The van der Waals surface area contributed by atoms with Gasteiger partial charge in [-0.3, -0.25) is 14.4 Å². The second kappa shape index (κ2) is 9.17. The molecule has 1 N–H and O–H groups in total. The van der Waals surface area contributed by atoms with E-state index in [1.807, 2.05) is 49.4 Å². The van der Waals surface area contributed by atoms with Crippen LogP contribution in [0.1, 0.15) is 44.8 Å². The average Bonchev–Trinajstić information content (AvgIpc) is 2.62. The number of nitrogens with zero attached hydrogens (tertiary/aromatic N) is 1. The highest BCUT2D eigenvalue weighted by molar-refractivity contribution is 5.87. The van der Waals surface area contributed by atoms with E-state index < -0.39 is 12.1 Å². The topological polar surface area (TPSA) is 75.7 Å². The lowest BCUT2D eigenvalue weighted by Gasteiger charge is -2.34. The number of rotatable bonds is 2. The first-order chi connectivity index (χ1) is 12.4. The Kier molecular flexibility index (Phi) is 6.95. The Morgan fingerprint density at radius 3 is 2.54 bits per heavy atom. The Balaban J connectivity index is 2.34. The molecule has 1 aromatic rings. The number of cyclic esters (lactones) is 1. The van der Waals surface area contributed by atoms with Crippen molar-refractivity contribution in [1.82, 2.24) is 10.2 Å². The summed E-state index contributed by atoms with van der Waals surface area (Å²) in [7, 11) is 1.67. The quantitative estimate of drug-likeness (QED) is 0.650. The van der Waals surface area contributed by atoms with Gasteiger partial charge in [0.1, 0.15) is 12.1 Å². The van der Waals surface area contributed by atoms with Crippen molar-refractivity contribution in [1.29, 1.82) is 0 Å². The van der Waals surface area contributed by atoms with Crippen LogP contribution >= 0.6 is 0 Å². The highest BCUT2D eigenvalue weighted by Crippen LogP contribution is 2.26. The van der Waals surface area contributed by atoms with E-state index in [4.69, 9.17) is 4.74 Å². The van der Waals surface area contributed by atoms with Gasteiger partial charge in [0.25, 0.3) is 0 Å². The molecule has 0 fully saturated rings. The number of allylic oxidation sites excluding steroid dienone is 1. The van der Waals surface area contributed by atoms with Gasteiger partial charge >= 0.3 is 5.97 Å². The number of benzene rings is 1. The summed E-state index contributed by atoms with van der Waals surface area (Å²) >= 11 is 0. The van der Waals surface area contributed by atoms with Crippen molar-refractivity contribution in [3.63, 3.8) is 0 Å². The number of likely N-dealkylation sites (N-methyl/N-ethyl adjacent to an activating group) is 1. The van der Waals surface area contributed by atoms with Gasteiger partial charge in [-0.2, -0.15) is 0 Å². The van der Waals surface area contributed by atoms with E-state index in [9.17, 15) is 14.4 Å². The molecule has 3 atom stereocenters. The van der Waals surface area contributed by atoms with Gasteiger partial charge in [0.2, 0.25) is 11.8 Å². The summed E-state index contributed by atoms with van der Waals surface area (Å²) in [5, 5.41) is 2.71. The molecular weight excluding hydrogens is 332 g/mol. The van der Waals surface area contributed by atoms with Gasteiger partial charge < -0.3 is 15.0 Å². The van der Waals surface area contributed by atoms with E-state index in [0.717, 1.165) is 5.56 Å². The predicted molar refractivity (Wildman–Crippen MR) is 98.1 cm³/mol. The standard InChI is InChI=1S/C20H26N2O4/c1-14-19(16-10-6-4-7-11-16)26-18(24)13-9-5-8-12-17(21-15(2)23)20(25)22(14)3/h4-8,10-11,14,17,19H,9,12-13H2,1-3H3,(H,21,23)/b8-5+/t14-,17+,19+/m0/s1. The zero-order chi connectivity index (χ0) is 19.1. The Labute approximate surface area is 154 Å². The molecule has 6 heteroatoms.